The Morgan fingerprint density at radius 2 is 2.05 bits per heavy atom. The number of nitrogens with one attached hydrogen (secondary N) is 1. The Balaban J connectivity index is 1.98. The molecule has 0 fully saturated rings. The van der Waals surface area contributed by atoms with Gasteiger partial charge in [0, 0.05) is 24.2 Å². The molecule has 0 aliphatic rings. The molecule has 0 bridgehead atoms. The van der Waals surface area contributed by atoms with Crippen molar-refractivity contribution in [2.45, 2.75) is 33.9 Å². The standard InChI is InChI=1S/C18H26N2S/c1-14(2)11-19-12-16-7-8-18(15(3)10-16)20(4)13-17-6-5-9-21-17/h5-10,14,19H,11-13H2,1-4H3. The van der Waals surface area contributed by atoms with Crippen LogP contribution in [0.15, 0.2) is 35.7 Å². The lowest BCUT2D eigenvalue weighted by Crippen LogP contribution is -2.20. The Morgan fingerprint density at radius 1 is 1.24 bits per heavy atom. The average molecular weight is 302 g/mol. The number of thiophene rings is 1. The molecule has 1 heterocycles. The Hall–Kier alpha value is -1.32. The second-order valence-electron chi connectivity index (χ2n) is 6.08. The molecule has 2 aromatic rings. The van der Waals surface area contributed by atoms with Gasteiger partial charge >= 0.3 is 0 Å². The highest BCUT2D eigenvalue weighted by Gasteiger charge is 2.07. The maximum atomic E-state index is 3.50. The number of anilines is 1. The normalized spacial score (nSPS) is 11.1. The van der Waals surface area contributed by atoms with Gasteiger partial charge in [-0.2, -0.15) is 0 Å². The number of aryl methyl sites for hydroxylation is 1. The van der Waals surface area contributed by atoms with E-state index < -0.39 is 0 Å². The van der Waals surface area contributed by atoms with Crippen LogP contribution in [0.25, 0.3) is 0 Å². The maximum absolute atomic E-state index is 3.50. The minimum absolute atomic E-state index is 0.697. The first-order chi connectivity index (χ1) is 10.1. The maximum Gasteiger partial charge on any atom is 0.0519 e. The summed E-state index contributed by atoms with van der Waals surface area (Å²) < 4.78 is 0. The predicted octanol–water partition coefficient (Wildman–Crippen LogP) is 4.44. The van der Waals surface area contributed by atoms with Crippen LogP contribution in [0.4, 0.5) is 5.69 Å². The van der Waals surface area contributed by atoms with Crippen molar-refractivity contribution in [3.05, 3.63) is 51.7 Å². The second-order valence-corrected chi connectivity index (χ2v) is 7.11. The fourth-order valence-corrected chi connectivity index (χ4v) is 3.24. The summed E-state index contributed by atoms with van der Waals surface area (Å²) in [5.41, 5.74) is 4.02. The third kappa shape index (κ3) is 4.87. The quantitative estimate of drug-likeness (QED) is 0.813. The lowest BCUT2D eigenvalue weighted by Gasteiger charge is -2.21. The van der Waals surface area contributed by atoms with Crippen molar-refractivity contribution in [3.8, 4) is 0 Å². The van der Waals surface area contributed by atoms with E-state index in [9.17, 15) is 0 Å². The summed E-state index contributed by atoms with van der Waals surface area (Å²) in [6.45, 7) is 9.67. The first-order valence-corrected chi connectivity index (χ1v) is 8.48. The molecule has 0 spiro atoms. The molecule has 0 amide bonds. The fraction of sp³-hybridized carbons (Fsp3) is 0.444. The molecule has 21 heavy (non-hydrogen) atoms. The Morgan fingerprint density at radius 3 is 2.67 bits per heavy atom. The van der Waals surface area contributed by atoms with Crippen molar-refractivity contribution >= 4 is 17.0 Å². The van der Waals surface area contributed by atoms with Crippen molar-refractivity contribution in [3.63, 3.8) is 0 Å². The van der Waals surface area contributed by atoms with E-state index in [4.69, 9.17) is 0 Å². The van der Waals surface area contributed by atoms with Crippen molar-refractivity contribution in [1.29, 1.82) is 0 Å². The topological polar surface area (TPSA) is 15.3 Å². The van der Waals surface area contributed by atoms with Crippen LogP contribution in [0.2, 0.25) is 0 Å². The van der Waals surface area contributed by atoms with Crippen LogP contribution in [0.3, 0.4) is 0 Å². The average Bonchev–Trinajstić information content (AvgIpc) is 2.91. The highest BCUT2D eigenvalue weighted by molar-refractivity contribution is 7.09. The molecule has 0 saturated carbocycles. The first kappa shape index (κ1) is 16.1. The van der Waals surface area contributed by atoms with E-state index in [0.717, 1.165) is 19.6 Å². The van der Waals surface area contributed by atoms with Gasteiger partial charge in [-0.05, 0) is 48.0 Å². The predicted molar refractivity (Wildman–Crippen MR) is 94.1 cm³/mol. The van der Waals surface area contributed by atoms with Crippen LogP contribution in [0.5, 0.6) is 0 Å². The van der Waals surface area contributed by atoms with Crippen LogP contribution >= 0.6 is 11.3 Å². The molecule has 2 rings (SSSR count). The van der Waals surface area contributed by atoms with Crippen molar-refractivity contribution in [2.75, 3.05) is 18.5 Å². The van der Waals surface area contributed by atoms with Gasteiger partial charge in [0.2, 0.25) is 0 Å². The third-order valence-corrected chi connectivity index (χ3v) is 4.39. The molecular weight excluding hydrogens is 276 g/mol. The van der Waals surface area contributed by atoms with Crippen LogP contribution in [0, 0.1) is 12.8 Å². The molecule has 0 radical (unpaired) electrons. The zero-order chi connectivity index (χ0) is 15.2. The molecule has 114 valence electrons. The van der Waals surface area contributed by atoms with Gasteiger partial charge in [-0.1, -0.05) is 32.0 Å². The number of hydrogen-bond donors (Lipinski definition) is 1. The van der Waals surface area contributed by atoms with Crippen molar-refractivity contribution in [2.24, 2.45) is 5.92 Å². The van der Waals surface area contributed by atoms with Crippen LogP contribution < -0.4 is 10.2 Å². The van der Waals surface area contributed by atoms with Gasteiger partial charge in [-0.3, -0.25) is 0 Å². The number of rotatable bonds is 7. The van der Waals surface area contributed by atoms with E-state index in [1.54, 1.807) is 0 Å². The van der Waals surface area contributed by atoms with Crippen LogP contribution in [0.1, 0.15) is 29.9 Å². The van der Waals surface area contributed by atoms with Gasteiger partial charge < -0.3 is 10.2 Å². The van der Waals surface area contributed by atoms with Gasteiger partial charge in [-0.15, -0.1) is 11.3 Å². The molecule has 1 aromatic carbocycles. The summed E-state index contributed by atoms with van der Waals surface area (Å²) >= 11 is 1.82. The molecule has 0 unspecified atom stereocenters. The summed E-state index contributed by atoms with van der Waals surface area (Å²) in [6.07, 6.45) is 0. The molecule has 1 N–H and O–H groups in total. The van der Waals surface area contributed by atoms with E-state index in [1.165, 1.54) is 21.7 Å². The molecule has 0 saturated heterocycles. The molecular formula is C18H26N2S. The number of hydrogen-bond acceptors (Lipinski definition) is 3. The molecule has 0 atom stereocenters. The van der Waals surface area contributed by atoms with Gasteiger partial charge in [0.15, 0.2) is 0 Å². The van der Waals surface area contributed by atoms with E-state index in [2.05, 4.69) is 73.7 Å². The zero-order valence-corrected chi connectivity index (χ0v) is 14.3. The minimum atomic E-state index is 0.697. The third-order valence-electron chi connectivity index (χ3n) is 3.53. The first-order valence-electron chi connectivity index (χ1n) is 7.60. The van der Waals surface area contributed by atoms with Gasteiger partial charge in [-0.25, -0.2) is 0 Å². The van der Waals surface area contributed by atoms with Crippen molar-refractivity contribution < 1.29 is 0 Å². The molecule has 0 aliphatic heterocycles. The molecule has 1 aromatic heterocycles. The second kappa shape index (κ2) is 7.62. The Labute approximate surface area is 132 Å². The van der Waals surface area contributed by atoms with E-state index in [1.807, 2.05) is 11.3 Å². The SMILES string of the molecule is Cc1cc(CNCC(C)C)ccc1N(C)Cc1cccs1. The molecule has 0 aliphatic carbocycles. The van der Waals surface area contributed by atoms with E-state index in [0.29, 0.717) is 5.92 Å². The molecule has 3 heteroatoms. The Kier molecular flexibility index (Phi) is 5.83. The monoisotopic (exact) mass is 302 g/mol. The highest BCUT2D eigenvalue weighted by Crippen LogP contribution is 2.23. The lowest BCUT2D eigenvalue weighted by molar-refractivity contribution is 0.552. The summed E-state index contributed by atoms with van der Waals surface area (Å²) in [5, 5.41) is 5.64. The van der Waals surface area contributed by atoms with Crippen LogP contribution in [-0.2, 0) is 13.1 Å². The smallest absolute Gasteiger partial charge is 0.0519 e. The summed E-state index contributed by atoms with van der Waals surface area (Å²) in [4.78, 5) is 3.73. The Bertz CT molecular complexity index is 546. The fourth-order valence-electron chi connectivity index (χ4n) is 2.48. The number of benzene rings is 1. The van der Waals surface area contributed by atoms with Crippen molar-refractivity contribution in [1.82, 2.24) is 5.32 Å². The van der Waals surface area contributed by atoms with Gasteiger partial charge in [0.25, 0.3) is 0 Å². The largest absolute Gasteiger partial charge is 0.369 e. The summed E-state index contributed by atoms with van der Waals surface area (Å²) in [5.74, 6) is 0.697. The van der Waals surface area contributed by atoms with E-state index in [-0.39, 0.29) is 0 Å². The highest BCUT2D eigenvalue weighted by atomic mass is 32.1. The van der Waals surface area contributed by atoms with E-state index >= 15 is 0 Å². The zero-order valence-electron chi connectivity index (χ0n) is 13.5. The van der Waals surface area contributed by atoms with Gasteiger partial charge in [0.1, 0.15) is 0 Å². The lowest BCUT2D eigenvalue weighted by atomic mass is 10.1. The summed E-state index contributed by atoms with van der Waals surface area (Å²) in [7, 11) is 2.17. The number of nitrogens with zero attached hydrogens (tertiary/aromatic N) is 1. The minimum Gasteiger partial charge on any atom is -0.369 e. The van der Waals surface area contributed by atoms with Crippen LogP contribution in [-0.4, -0.2) is 13.6 Å². The van der Waals surface area contributed by atoms with Gasteiger partial charge in [0.05, 0.1) is 6.54 Å². The molecule has 2 nitrogen and oxygen atoms in total. The summed E-state index contributed by atoms with van der Waals surface area (Å²) in [6, 6.07) is 11.1.